The van der Waals surface area contributed by atoms with Crippen LogP contribution in [0.2, 0.25) is 0 Å². The van der Waals surface area contributed by atoms with Gasteiger partial charge >= 0.3 is 0 Å². The number of likely N-dealkylation sites (N-methyl/N-ethyl adjacent to an activating group) is 1. The molecule has 0 saturated carbocycles. The summed E-state index contributed by atoms with van der Waals surface area (Å²) in [6.45, 7) is 1.83. The summed E-state index contributed by atoms with van der Waals surface area (Å²) in [5, 5.41) is 11.6. The molecule has 35 heavy (non-hydrogen) atoms. The van der Waals surface area contributed by atoms with E-state index in [4.69, 9.17) is 11.1 Å². The summed E-state index contributed by atoms with van der Waals surface area (Å²) < 4.78 is 1.76. The first-order valence-corrected chi connectivity index (χ1v) is 11.5. The molecule has 4 rings (SSSR count). The highest BCUT2D eigenvalue weighted by atomic mass is 16.1. The van der Waals surface area contributed by atoms with Crippen molar-refractivity contribution in [3.63, 3.8) is 0 Å². The smallest absolute Gasteiger partial charge is 0.251 e. The second-order valence-corrected chi connectivity index (χ2v) is 8.78. The number of carbonyl (C=O) groups is 1. The van der Waals surface area contributed by atoms with E-state index in [0.717, 1.165) is 34.3 Å². The molecule has 0 atom stereocenters. The number of nitrogens with two attached hydrogens (primary N) is 1. The second-order valence-electron chi connectivity index (χ2n) is 8.78. The van der Waals surface area contributed by atoms with Crippen LogP contribution in [0.3, 0.4) is 0 Å². The first-order chi connectivity index (χ1) is 16.8. The molecule has 2 aromatic carbocycles. The number of aromatic nitrogens is 2. The Hall–Kier alpha value is -4.17. The van der Waals surface area contributed by atoms with Gasteiger partial charge in [-0.2, -0.15) is 0 Å². The Morgan fingerprint density at radius 2 is 1.89 bits per heavy atom. The number of pyridine rings is 1. The van der Waals surface area contributed by atoms with Crippen LogP contribution in [0.15, 0.2) is 71.7 Å². The fourth-order valence-corrected chi connectivity index (χ4v) is 4.06. The zero-order chi connectivity index (χ0) is 24.9. The van der Waals surface area contributed by atoms with Crippen LogP contribution < -0.4 is 16.6 Å². The van der Waals surface area contributed by atoms with Gasteiger partial charge in [0.25, 0.3) is 11.5 Å². The van der Waals surface area contributed by atoms with Crippen molar-refractivity contribution in [1.29, 1.82) is 5.41 Å². The maximum absolute atomic E-state index is 12.7. The van der Waals surface area contributed by atoms with Crippen LogP contribution in [0, 0.1) is 5.41 Å². The fraction of sp³-hybridized carbons (Fsp3) is 0.222. The molecule has 0 spiro atoms. The van der Waals surface area contributed by atoms with Gasteiger partial charge < -0.3 is 25.5 Å². The third-order valence-electron chi connectivity index (χ3n) is 6.00. The molecule has 0 aliphatic heterocycles. The Morgan fingerprint density at radius 1 is 1.11 bits per heavy atom. The number of nitrogens with one attached hydrogen (secondary N) is 3. The third kappa shape index (κ3) is 5.50. The molecule has 2 aromatic heterocycles. The number of fused-ring (bicyclic) bond motifs is 1. The van der Waals surface area contributed by atoms with Gasteiger partial charge in [0.2, 0.25) is 0 Å². The van der Waals surface area contributed by atoms with Crippen molar-refractivity contribution in [3.05, 3.63) is 93.9 Å². The molecular weight excluding hydrogens is 440 g/mol. The largest absolute Gasteiger partial charge is 0.384 e. The minimum atomic E-state index is -0.151. The molecule has 0 unspecified atom stereocenters. The van der Waals surface area contributed by atoms with E-state index in [1.54, 1.807) is 35.0 Å². The number of aromatic amines is 1. The summed E-state index contributed by atoms with van der Waals surface area (Å²) in [6.07, 6.45) is 2.39. The van der Waals surface area contributed by atoms with E-state index < -0.39 is 0 Å². The van der Waals surface area contributed by atoms with E-state index >= 15 is 0 Å². The van der Waals surface area contributed by atoms with Crippen LogP contribution in [0.5, 0.6) is 0 Å². The number of nitrogens with zero attached hydrogens (tertiary/aromatic N) is 2. The van der Waals surface area contributed by atoms with Gasteiger partial charge in [-0.1, -0.05) is 24.3 Å². The summed E-state index contributed by atoms with van der Waals surface area (Å²) in [6, 6.07) is 18.5. The minimum absolute atomic E-state index is 0.0235. The molecule has 5 N–H and O–H groups in total. The summed E-state index contributed by atoms with van der Waals surface area (Å²) in [5.74, 6) is -0.128. The monoisotopic (exact) mass is 470 g/mol. The van der Waals surface area contributed by atoms with Crippen LogP contribution in [0.4, 0.5) is 0 Å². The maximum atomic E-state index is 12.7. The van der Waals surface area contributed by atoms with Gasteiger partial charge in [0.05, 0.1) is 5.69 Å². The van der Waals surface area contributed by atoms with E-state index in [0.29, 0.717) is 30.6 Å². The summed E-state index contributed by atoms with van der Waals surface area (Å²) in [5.41, 5.74) is 10.5. The summed E-state index contributed by atoms with van der Waals surface area (Å²) in [7, 11) is 3.95. The van der Waals surface area contributed by atoms with Crippen LogP contribution in [-0.2, 0) is 13.0 Å². The van der Waals surface area contributed by atoms with Gasteiger partial charge in [-0.05, 0) is 62.0 Å². The van der Waals surface area contributed by atoms with Gasteiger partial charge in [-0.15, -0.1) is 0 Å². The molecule has 8 nitrogen and oxygen atoms in total. The van der Waals surface area contributed by atoms with Crippen molar-refractivity contribution >= 4 is 22.6 Å². The maximum Gasteiger partial charge on any atom is 0.251 e. The average Bonchev–Trinajstić information content (AvgIpc) is 3.27. The number of carbonyl (C=O) groups excluding carboxylic acids is 1. The number of nitrogen functional groups attached to an aromatic ring is 1. The van der Waals surface area contributed by atoms with E-state index in [2.05, 4.69) is 10.3 Å². The highest BCUT2D eigenvalue weighted by Gasteiger charge is 2.10. The highest BCUT2D eigenvalue weighted by molar-refractivity contribution is 6.07. The Balaban J connectivity index is 1.41. The average molecular weight is 471 g/mol. The molecule has 0 aliphatic carbocycles. The molecule has 0 aliphatic rings. The molecule has 1 amide bonds. The van der Waals surface area contributed by atoms with E-state index in [-0.39, 0.29) is 17.3 Å². The highest BCUT2D eigenvalue weighted by Crippen LogP contribution is 2.20. The predicted molar refractivity (Wildman–Crippen MR) is 140 cm³/mol. The Morgan fingerprint density at radius 3 is 2.60 bits per heavy atom. The Kier molecular flexibility index (Phi) is 7.12. The van der Waals surface area contributed by atoms with Gasteiger partial charge in [0.15, 0.2) is 0 Å². The van der Waals surface area contributed by atoms with Crippen molar-refractivity contribution < 1.29 is 4.79 Å². The SMILES string of the molecule is CN(C)CCn1c(-c2ccc(C(=O)NCCc3ccc4[nH]cc(C(=N)N)c4c3)cc2)cccc1=O. The van der Waals surface area contributed by atoms with Gasteiger partial charge in [0, 0.05) is 53.9 Å². The molecule has 0 radical (unpaired) electrons. The lowest BCUT2D eigenvalue weighted by atomic mass is 10.1. The standard InChI is InChI=1S/C27H30N6O2/c1-32(2)14-15-33-24(4-3-5-25(33)34)19-7-9-20(10-8-19)27(35)30-13-12-18-6-11-23-21(16-18)22(17-31-23)26(28)29/h3-11,16-17,31H,12-15H2,1-2H3,(H3,28,29)(H,30,35). The molecule has 4 aromatic rings. The second kappa shape index (κ2) is 10.4. The Labute approximate surface area is 203 Å². The van der Waals surface area contributed by atoms with E-state index in [1.807, 2.05) is 55.4 Å². The summed E-state index contributed by atoms with van der Waals surface area (Å²) in [4.78, 5) is 30.2. The molecule has 8 heteroatoms. The van der Waals surface area contributed by atoms with Crippen LogP contribution in [0.25, 0.3) is 22.2 Å². The van der Waals surface area contributed by atoms with Crippen LogP contribution >= 0.6 is 0 Å². The first-order valence-electron chi connectivity index (χ1n) is 11.5. The molecule has 0 bridgehead atoms. The lowest BCUT2D eigenvalue weighted by molar-refractivity contribution is 0.0954. The molecule has 180 valence electrons. The van der Waals surface area contributed by atoms with E-state index in [1.165, 1.54) is 0 Å². The van der Waals surface area contributed by atoms with Crippen molar-refractivity contribution in [2.45, 2.75) is 13.0 Å². The molecule has 0 saturated heterocycles. The number of amidine groups is 1. The zero-order valence-electron chi connectivity index (χ0n) is 20.0. The van der Waals surface area contributed by atoms with Crippen LogP contribution in [0.1, 0.15) is 21.5 Å². The number of H-pyrrole nitrogens is 1. The van der Waals surface area contributed by atoms with Crippen LogP contribution in [-0.4, -0.2) is 53.4 Å². The van der Waals surface area contributed by atoms with E-state index in [9.17, 15) is 9.59 Å². The number of hydrogen-bond donors (Lipinski definition) is 4. The lowest BCUT2D eigenvalue weighted by Gasteiger charge is -2.16. The molecule has 2 heterocycles. The molecule has 0 fully saturated rings. The van der Waals surface area contributed by atoms with Gasteiger partial charge in [0.1, 0.15) is 5.84 Å². The Bertz CT molecular complexity index is 1420. The van der Waals surface area contributed by atoms with Crippen molar-refractivity contribution in [2.24, 2.45) is 5.73 Å². The number of rotatable bonds is 9. The fourth-order valence-electron chi connectivity index (χ4n) is 4.06. The normalized spacial score (nSPS) is 11.2. The quantitative estimate of drug-likeness (QED) is 0.222. The predicted octanol–water partition coefficient (Wildman–Crippen LogP) is 2.81. The molecular formula is C27H30N6O2. The first kappa shape index (κ1) is 24.0. The third-order valence-corrected chi connectivity index (χ3v) is 6.00. The van der Waals surface area contributed by atoms with Gasteiger partial charge in [-0.3, -0.25) is 15.0 Å². The minimum Gasteiger partial charge on any atom is -0.384 e. The van der Waals surface area contributed by atoms with Crippen molar-refractivity contribution in [1.82, 2.24) is 19.8 Å². The van der Waals surface area contributed by atoms with Crippen molar-refractivity contribution in [2.75, 3.05) is 27.2 Å². The number of amides is 1. The number of hydrogen-bond acceptors (Lipinski definition) is 4. The zero-order valence-corrected chi connectivity index (χ0v) is 20.0. The topological polar surface area (TPSA) is 120 Å². The lowest BCUT2D eigenvalue weighted by Crippen LogP contribution is -2.27. The number of benzene rings is 2. The van der Waals surface area contributed by atoms with Gasteiger partial charge in [-0.25, -0.2) is 0 Å². The van der Waals surface area contributed by atoms with Crippen molar-refractivity contribution in [3.8, 4) is 11.3 Å². The summed E-state index contributed by atoms with van der Waals surface area (Å²) >= 11 is 0.